The number of piperidine rings is 1. The number of aromatic nitrogens is 3. The van der Waals surface area contributed by atoms with E-state index in [4.69, 9.17) is 4.74 Å². The number of hydrogen-bond donors (Lipinski definition) is 2. The third kappa shape index (κ3) is 5.34. The zero-order valence-corrected chi connectivity index (χ0v) is 17.6. The van der Waals surface area contributed by atoms with Crippen molar-refractivity contribution in [3.05, 3.63) is 35.5 Å². The molecule has 0 aliphatic carbocycles. The van der Waals surface area contributed by atoms with Crippen molar-refractivity contribution in [2.24, 2.45) is 0 Å². The Morgan fingerprint density at radius 1 is 1.31 bits per heavy atom. The average molecular weight is 399 g/mol. The number of benzene rings is 1. The van der Waals surface area contributed by atoms with E-state index in [1.54, 1.807) is 11.1 Å². The molecule has 1 saturated heterocycles. The van der Waals surface area contributed by atoms with E-state index in [0.29, 0.717) is 37.4 Å². The quantitative estimate of drug-likeness (QED) is 0.757. The highest BCUT2D eigenvalue weighted by atomic mass is 16.6. The van der Waals surface area contributed by atoms with Gasteiger partial charge in [-0.25, -0.2) is 4.79 Å². The molecule has 2 heterocycles. The van der Waals surface area contributed by atoms with Gasteiger partial charge in [-0.15, -0.1) is 5.10 Å². The largest absolute Gasteiger partial charge is 0.450 e. The van der Waals surface area contributed by atoms with Gasteiger partial charge in [0.2, 0.25) is 5.95 Å². The summed E-state index contributed by atoms with van der Waals surface area (Å²) in [5.74, 6) is 1.54. The molecule has 8 nitrogen and oxygen atoms in total. The average Bonchev–Trinajstić information content (AvgIpc) is 2.70. The molecule has 0 radical (unpaired) electrons. The van der Waals surface area contributed by atoms with Crippen LogP contribution in [0.3, 0.4) is 0 Å². The number of amides is 1. The van der Waals surface area contributed by atoms with Crippen LogP contribution >= 0.6 is 0 Å². The summed E-state index contributed by atoms with van der Waals surface area (Å²) < 4.78 is 5.07. The smallest absolute Gasteiger partial charge is 0.409 e. The molecule has 8 heteroatoms. The van der Waals surface area contributed by atoms with Crippen molar-refractivity contribution < 1.29 is 9.53 Å². The van der Waals surface area contributed by atoms with Crippen LogP contribution in [0.4, 0.5) is 22.2 Å². The lowest BCUT2D eigenvalue weighted by molar-refractivity contribution is 0.0983. The second-order valence-corrected chi connectivity index (χ2v) is 7.59. The fourth-order valence-corrected chi connectivity index (χ4v) is 3.50. The van der Waals surface area contributed by atoms with Crippen molar-refractivity contribution >= 4 is 23.5 Å². The summed E-state index contributed by atoms with van der Waals surface area (Å²) in [4.78, 5) is 18.2. The fraction of sp³-hybridized carbons (Fsp3) is 0.524. The number of rotatable bonds is 6. The van der Waals surface area contributed by atoms with Gasteiger partial charge >= 0.3 is 6.09 Å². The monoisotopic (exact) mass is 398 g/mol. The molecule has 1 aliphatic heterocycles. The van der Waals surface area contributed by atoms with E-state index >= 15 is 0 Å². The molecule has 156 valence electrons. The molecule has 3 rings (SSSR count). The van der Waals surface area contributed by atoms with Gasteiger partial charge in [-0.05, 0) is 43.7 Å². The maximum Gasteiger partial charge on any atom is 0.409 e. The van der Waals surface area contributed by atoms with Gasteiger partial charge in [-0.3, -0.25) is 0 Å². The minimum atomic E-state index is -0.241. The predicted molar refractivity (Wildman–Crippen MR) is 114 cm³/mol. The van der Waals surface area contributed by atoms with E-state index in [1.807, 2.05) is 6.92 Å². The molecule has 2 aromatic rings. The van der Waals surface area contributed by atoms with E-state index in [2.05, 4.69) is 64.8 Å². The van der Waals surface area contributed by atoms with Gasteiger partial charge < -0.3 is 20.3 Å². The van der Waals surface area contributed by atoms with Crippen LogP contribution in [0.15, 0.2) is 24.4 Å². The van der Waals surface area contributed by atoms with Crippen LogP contribution < -0.4 is 10.6 Å². The lowest BCUT2D eigenvalue weighted by Crippen LogP contribution is -2.42. The summed E-state index contributed by atoms with van der Waals surface area (Å²) in [5.41, 5.74) is 3.47. The Hall–Kier alpha value is -2.90. The number of ether oxygens (including phenoxy) is 1. The first-order valence-electron chi connectivity index (χ1n) is 10.2. The lowest BCUT2D eigenvalue weighted by Gasteiger charge is -2.31. The van der Waals surface area contributed by atoms with Crippen LogP contribution in [0.5, 0.6) is 0 Å². The molecule has 0 unspecified atom stereocenters. The number of carbonyl (C=O) groups excluding carboxylic acids is 1. The molecule has 0 spiro atoms. The highest BCUT2D eigenvalue weighted by molar-refractivity contribution is 5.67. The number of para-hydroxylation sites is 1. The van der Waals surface area contributed by atoms with Gasteiger partial charge in [-0.1, -0.05) is 32.0 Å². The van der Waals surface area contributed by atoms with Crippen molar-refractivity contribution in [3.63, 3.8) is 0 Å². The summed E-state index contributed by atoms with van der Waals surface area (Å²) in [6, 6.07) is 6.48. The second kappa shape index (κ2) is 9.54. The van der Waals surface area contributed by atoms with E-state index in [9.17, 15) is 4.79 Å². The van der Waals surface area contributed by atoms with Gasteiger partial charge in [-0.2, -0.15) is 10.1 Å². The molecule has 0 bridgehead atoms. The SMILES string of the molecule is CCOC(=O)N1CCC(Nc2nncc(Nc3c(C)cccc3C(C)C)n2)CC1. The number of likely N-dealkylation sites (tertiary alicyclic amines) is 1. The maximum atomic E-state index is 11.8. The molecular weight excluding hydrogens is 368 g/mol. The third-order valence-electron chi connectivity index (χ3n) is 5.09. The van der Waals surface area contributed by atoms with E-state index in [0.717, 1.165) is 24.1 Å². The Balaban J connectivity index is 1.64. The molecule has 1 fully saturated rings. The Labute approximate surface area is 172 Å². The first kappa shape index (κ1) is 20.8. The summed E-state index contributed by atoms with van der Waals surface area (Å²) in [7, 11) is 0. The van der Waals surface area contributed by atoms with Crippen molar-refractivity contribution in [3.8, 4) is 0 Å². The summed E-state index contributed by atoms with van der Waals surface area (Å²) in [6.07, 6.45) is 3.02. The van der Waals surface area contributed by atoms with E-state index in [-0.39, 0.29) is 12.1 Å². The van der Waals surface area contributed by atoms with Crippen molar-refractivity contribution in [2.75, 3.05) is 30.3 Å². The third-order valence-corrected chi connectivity index (χ3v) is 5.09. The maximum absolute atomic E-state index is 11.8. The van der Waals surface area contributed by atoms with Crippen molar-refractivity contribution in [2.45, 2.75) is 52.5 Å². The van der Waals surface area contributed by atoms with Gasteiger partial charge in [0.25, 0.3) is 0 Å². The lowest BCUT2D eigenvalue weighted by atomic mass is 9.98. The number of nitrogens with one attached hydrogen (secondary N) is 2. The molecule has 29 heavy (non-hydrogen) atoms. The summed E-state index contributed by atoms with van der Waals surface area (Å²) in [6.45, 7) is 9.96. The first-order chi connectivity index (χ1) is 14.0. The fourth-order valence-electron chi connectivity index (χ4n) is 3.50. The van der Waals surface area contributed by atoms with Crippen LogP contribution in [-0.4, -0.2) is 51.9 Å². The Kier molecular flexibility index (Phi) is 6.85. The number of carbonyl (C=O) groups is 1. The standard InChI is InChI=1S/C21H30N6O2/c1-5-29-21(28)27-11-9-16(10-12-27)23-20-25-18(13-22-26-20)24-19-15(4)7-6-8-17(19)14(2)3/h6-8,13-14,16H,5,9-12H2,1-4H3,(H2,23,24,25,26). The number of hydrogen-bond acceptors (Lipinski definition) is 7. The predicted octanol–water partition coefficient (Wildman–Crippen LogP) is 4.08. The first-order valence-corrected chi connectivity index (χ1v) is 10.2. The van der Waals surface area contributed by atoms with Gasteiger partial charge in [0.1, 0.15) is 0 Å². The van der Waals surface area contributed by atoms with Crippen LogP contribution in [0.2, 0.25) is 0 Å². The zero-order valence-electron chi connectivity index (χ0n) is 17.6. The second-order valence-electron chi connectivity index (χ2n) is 7.59. The Morgan fingerprint density at radius 2 is 2.07 bits per heavy atom. The van der Waals surface area contributed by atoms with Crippen molar-refractivity contribution in [1.82, 2.24) is 20.1 Å². The molecule has 1 aromatic heterocycles. The van der Waals surface area contributed by atoms with E-state index in [1.165, 1.54) is 5.56 Å². The van der Waals surface area contributed by atoms with Crippen LogP contribution in [-0.2, 0) is 4.74 Å². The summed E-state index contributed by atoms with van der Waals surface area (Å²) >= 11 is 0. The zero-order chi connectivity index (χ0) is 20.8. The minimum Gasteiger partial charge on any atom is -0.450 e. The molecular formula is C21H30N6O2. The molecule has 2 N–H and O–H groups in total. The molecule has 0 saturated carbocycles. The Bertz CT molecular complexity index is 834. The normalized spacial score (nSPS) is 14.7. The molecule has 0 atom stereocenters. The van der Waals surface area contributed by atoms with Gasteiger partial charge in [0.15, 0.2) is 5.82 Å². The summed E-state index contributed by atoms with van der Waals surface area (Å²) in [5, 5.41) is 15.0. The number of aryl methyl sites for hydroxylation is 1. The van der Waals surface area contributed by atoms with Gasteiger partial charge in [0, 0.05) is 24.8 Å². The minimum absolute atomic E-state index is 0.197. The Morgan fingerprint density at radius 3 is 2.76 bits per heavy atom. The topological polar surface area (TPSA) is 92.3 Å². The number of anilines is 3. The van der Waals surface area contributed by atoms with Crippen LogP contribution in [0.1, 0.15) is 50.7 Å². The number of nitrogens with zero attached hydrogens (tertiary/aromatic N) is 4. The van der Waals surface area contributed by atoms with E-state index < -0.39 is 0 Å². The highest BCUT2D eigenvalue weighted by Gasteiger charge is 2.24. The molecule has 1 amide bonds. The van der Waals surface area contributed by atoms with Crippen molar-refractivity contribution in [1.29, 1.82) is 0 Å². The molecule has 1 aromatic carbocycles. The van der Waals surface area contributed by atoms with Crippen LogP contribution in [0.25, 0.3) is 0 Å². The van der Waals surface area contributed by atoms with Crippen LogP contribution in [0, 0.1) is 6.92 Å². The highest BCUT2D eigenvalue weighted by Crippen LogP contribution is 2.29. The van der Waals surface area contributed by atoms with Gasteiger partial charge in [0.05, 0.1) is 12.8 Å². The molecule has 1 aliphatic rings.